The third-order valence-electron chi connectivity index (χ3n) is 4.80. The summed E-state index contributed by atoms with van der Waals surface area (Å²) in [4.78, 5) is 27.0. The van der Waals surface area contributed by atoms with Crippen molar-refractivity contribution in [1.29, 1.82) is 0 Å². The van der Waals surface area contributed by atoms with Gasteiger partial charge < -0.3 is 30.4 Å². The van der Waals surface area contributed by atoms with Crippen molar-refractivity contribution in [3.63, 3.8) is 0 Å². The van der Waals surface area contributed by atoms with Gasteiger partial charge in [-0.05, 0) is 36.6 Å². The first-order valence-corrected chi connectivity index (χ1v) is 12.1. The van der Waals surface area contributed by atoms with Crippen molar-refractivity contribution in [2.45, 2.75) is 39.2 Å². The summed E-state index contributed by atoms with van der Waals surface area (Å²) in [5, 5.41) is 16.6. The van der Waals surface area contributed by atoms with E-state index in [1.54, 1.807) is 24.3 Å². The predicted molar refractivity (Wildman–Crippen MR) is 131 cm³/mol. The molecule has 1 aromatic carbocycles. The van der Waals surface area contributed by atoms with Gasteiger partial charge in [0.15, 0.2) is 0 Å². The highest BCUT2D eigenvalue weighted by Crippen LogP contribution is 2.25. The summed E-state index contributed by atoms with van der Waals surface area (Å²) >= 11 is 1.16. The molecular formula is C23H34N4O6S. The second-order valence-electron chi connectivity index (χ2n) is 7.84. The summed E-state index contributed by atoms with van der Waals surface area (Å²) in [5.41, 5.74) is 5.62. The van der Waals surface area contributed by atoms with E-state index in [9.17, 15) is 14.7 Å². The Morgan fingerprint density at radius 3 is 2.65 bits per heavy atom. The molecule has 0 fully saturated rings. The van der Waals surface area contributed by atoms with E-state index >= 15 is 0 Å². The van der Waals surface area contributed by atoms with Gasteiger partial charge in [-0.3, -0.25) is 10.1 Å². The molecule has 2 unspecified atom stereocenters. The SMILES string of the molecule is CCCC(C)CCOC(=O)Nc1cnc(OCC(O)CNCCOc2ccc(C(N)=O)cc2)s1. The number of amides is 2. The summed E-state index contributed by atoms with van der Waals surface area (Å²) in [6, 6.07) is 6.55. The van der Waals surface area contributed by atoms with E-state index in [0.717, 1.165) is 30.6 Å². The number of nitrogens with zero attached hydrogens (tertiary/aromatic N) is 1. The maximum absolute atomic E-state index is 11.9. The fourth-order valence-corrected chi connectivity index (χ4v) is 3.62. The fourth-order valence-electron chi connectivity index (χ4n) is 2.96. The molecule has 0 bridgehead atoms. The van der Waals surface area contributed by atoms with Crippen LogP contribution in [-0.2, 0) is 4.74 Å². The van der Waals surface area contributed by atoms with Gasteiger partial charge in [-0.1, -0.05) is 38.0 Å². The second kappa shape index (κ2) is 15.1. The fraction of sp³-hybridized carbons (Fsp3) is 0.522. The molecule has 188 valence electrons. The molecule has 0 aliphatic heterocycles. The van der Waals surface area contributed by atoms with Crippen LogP contribution >= 0.6 is 11.3 Å². The Morgan fingerprint density at radius 2 is 1.94 bits per heavy atom. The summed E-state index contributed by atoms with van der Waals surface area (Å²) in [5.74, 6) is 0.662. The number of nitrogens with two attached hydrogens (primary N) is 1. The number of rotatable bonds is 16. The van der Waals surface area contributed by atoms with Crippen molar-refractivity contribution in [3.8, 4) is 10.9 Å². The number of nitrogens with one attached hydrogen (secondary N) is 2. The zero-order valence-corrected chi connectivity index (χ0v) is 20.4. The topological polar surface area (TPSA) is 145 Å². The molecule has 0 aliphatic carbocycles. The minimum Gasteiger partial charge on any atom is -0.492 e. The summed E-state index contributed by atoms with van der Waals surface area (Å²) in [6.07, 6.45) is 3.29. The average Bonchev–Trinajstić information content (AvgIpc) is 3.25. The van der Waals surface area contributed by atoms with Gasteiger partial charge in [-0.2, -0.15) is 0 Å². The van der Waals surface area contributed by atoms with Crippen LogP contribution in [0.15, 0.2) is 30.5 Å². The van der Waals surface area contributed by atoms with Crippen molar-refractivity contribution < 1.29 is 28.9 Å². The minimum absolute atomic E-state index is 0.0507. The van der Waals surface area contributed by atoms with E-state index in [1.165, 1.54) is 6.20 Å². The molecule has 5 N–H and O–H groups in total. The van der Waals surface area contributed by atoms with E-state index < -0.39 is 18.1 Å². The molecule has 11 heteroatoms. The first-order valence-electron chi connectivity index (χ1n) is 11.3. The Kier molecular flexibility index (Phi) is 12.1. The number of aromatic nitrogens is 1. The zero-order valence-electron chi connectivity index (χ0n) is 19.6. The smallest absolute Gasteiger partial charge is 0.412 e. The van der Waals surface area contributed by atoms with Crippen molar-refractivity contribution in [2.24, 2.45) is 11.7 Å². The minimum atomic E-state index is -0.745. The Labute approximate surface area is 203 Å². The van der Waals surface area contributed by atoms with Gasteiger partial charge in [0.25, 0.3) is 5.19 Å². The lowest BCUT2D eigenvalue weighted by atomic mass is 10.0. The van der Waals surface area contributed by atoms with Crippen LogP contribution in [0.4, 0.5) is 9.80 Å². The molecule has 10 nitrogen and oxygen atoms in total. The van der Waals surface area contributed by atoms with Crippen molar-refractivity contribution in [2.75, 3.05) is 38.2 Å². The monoisotopic (exact) mass is 494 g/mol. The van der Waals surface area contributed by atoms with Gasteiger partial charge in [-0.25, -0.2) is 9.78 Å². The third-order valence-corrected chi connectivity index (χ3v) is 5.63. The number of thiazole rings is 1. The highest BCUT2D eigenvalue weighted by Gasteiger charge is 2.11. The normalized spacial score (nSPS) is 12.6. The Morgan fingerprint density at radius 1 is 1.18 bits per heavy atom. The lowest BCUT2D eigenvalue weighted by molar-refractivity contribution is 0.1000. The first-order chi connectivity index (χ1) is 16.4. The van der Waals surface area contributed by atoms with Gasteiger partial charge >= 0.3 is 6.09 Å². The van der Waals surface area contributed by atoms with Gasteiger partial charge in [0.1, 0.15) is 30.1 Å². The Balaban J connectivity index is 1.55. The zero-order chi connectivity index (χ0) is 24.8. The largest absolute Gasteiger partial charge is 0.492 e. The van der Waals surface area contributed by atoms with E-state index in [2.05, 4.69) is 29.5 Å². The second-order valence-corrected chi connectivity index (χ2v) is 8.83. The number of aliphatic hydroxyl groups excluding tert-OH is 1. The molecule has 0 aliphatic rings. The van der Waals surface area contributed by atoms with Crippen LogP contribution in [0.3, 0.4) is 0 Å². The van der Waals surface area contributed by atoms with Gasteiger partial charge in [-0.15, -0.1) is 0 Å². The van der Waals surface area contributed by atoms with Gasteiger partial charge in [0.05, 0.1) is 12.8 Å². The van der Waals surface area contributed by atoms with Crippen LogP contribution in [0.2, 0.25) is 0 Å². The number of benzene rings is 1. The van der Waals surface area contributed by atoms with E-state index in [4.69, 9.17) is 19.9 Å². The number of hydrogen-bond donors (Lipinski definition) is 4. The Hall–Kier alpha value is -2.89. The maximum Gasteiger partial charge on any atom is 0.412 e. The molecule has 2 rings (SSSR count). The summed E-state index contributed by atoms with van der Waals surface area (Å²) in [6.45, 7) is 5.91. The van der Waals surface area contributed by atoms with E-state index in [-0.39, 0.29) is 6.61 Å². The molecule has 0 spiro atoms. The number of primary amides is 1. The molecule has 34 heavy (non-hydrogen) atoms. The Bertz CT molecular complexity index is 877. The van der Waals surface area contributed by atoms with Crippen LogP contribution in [-0.4, -0.2) is 61.1 Å². The maximum atomic E-state index is 11.9. The van der Waals surface area contributed by atoms with Gasteiger partial charge in [0.2, 0.25) is 5.91 Å². The standard InChI is InChI=1S/C23H34N4O6S/c1-3-4-16(2)9-11-32-22(30)27-20-14-26-23(34-20)33-15-18(28)13-25-10-12-31-19-7-5-17(6-8-19)21(24)29/h5-8,14,16,18,25,28H,3-4,9-13,15H2,1-2H3,(H2,24,29)(H,27,30). The number of carbonyl (C=O) groups excluding carboxylic acids is 2. The van der Waals surface area contributed by atoms with Crippen LogP contribution in [0.1, 0.15) is 43.5 Å². The number of anilines is 1. The highest BCUT2D eigenvalue weighted by atomic mass is 32.1. The predicted octanol–water partition coefficient (Wildman–Crippen LogP) is 3.03. The molecule has 2 amide bonds. The van der Waals surface area contributed by atoms with Gasteiger partial charge in [0, 0.05) is 18.7 Å². The molecule has 0 saturated heterocycles. The lowest BCUT2D eigenvalue weighted by Crippen LogP contribution is -2.33. The van der Waals surface area contributed by atoms with Crippen molar-refractivity contribution in [3.05, 3.63) is 36.0 Å². The molecule has 2 aromatic rings. The van der Waals surface area contributed by atoms with Crippen molar-refractivity contribution in [1.82, 2.24) is 10.3 Å². The average molecular weight is 495 g/mol. The lowest BCUT2D eigenvalue weighted by Gasteiger charge is -2.12. The molecule has 1 aromatic heterocycles. The number of carbonyl (C=O) groups is 2. The number of aliphatic hydroxyl groups is 1. The molecule has 0 radical (unpaired) electrons. The first kappa shape index (κ1) is 27.4. The number of hydrogen-bond acceptors (Lipinski definition) is 9. The van der Waals surface area contributed by atoms with Crippen LogP contribution in [0.25, 0.3) is 0 Å². The van der Waals surface area contributed by atoms with Crippen LogP contribution < -0.4 is 25.8 Å². The summed E-state index contributed by atoms with van der Waals surface area (Å²) < 4.78 is 16.2. The quantitative estimate of drug-likeness (QED) is 0.261. The highest BCUT2D eigenvalue weighted by molar-refractivity contribution is 7.17. The molecule has 1 heterocycles. The third kappa shape index (κ3) is 10.8. The van der Waals surface area contributed by atoms with E-state index in [0.29, 0.717) is 53.7 Å². The van der Waals surface area contributed by atoms with Crippen LogP contribution in [0.5, 0.6) is 10.9 Å². The molecule has 2 atom stereocenters. The molecule has 0 saturated carbocycles. The number of ether oxygens (including phenoxy) is 3. The van der Waals surface area contributed by atoms with Crippen LogP contribution in [0, 0.1) is 5.92 Å². The van der Waals surface area contributed by atoms with Crippen molar-refractivity contribution >= 4 is 28.3 Å². The molecular weight excluding hydrogens is 460 g/mol. The summed E-state index contributed by atoms with van der Waals surface area (Å²) in [7, 11) is 0. The van der Waals surface area contributed by atoms with E-state index in [1.807, 2.05) is 0 Å².